The highest BCUT2D eigenvalue weighted by Crippen LogP contribution is 2.14. The summed E-state index contributed by atoms with van der Waals surface area (Å²) in [6.45, 7) is -0.00147. The molecule has 0 amide bonds. The molecule has 1 heterocycles. The molecule has 13 heavy (non-hydrogen) atoms. The van der Waals surface area contributed by atoms with Gasteiger partial charge in [-0.05, 0) is 0 Å². The van der Waals surface area contributed by atoms with Gasteiger partial charge in [-0.2, -0.15) is 0 Å². The Morgan fingerprint density at radius 3 is 3.08 bits per heavy atom. The molecule has 5 nitrogen and oxygen atoms in total. The summed E-state index contributed by atoms with van der Waals surface area (Å²) in [5.74, 6) is 0.457. The van der Waals surface area contributed by atoms with E-state index in [1.807, 2.05) is 0 Å². The molecule has 0 aromatic carbocycles. The van der Waals surface area contributed by atoms with Gasteiger partial charge >= 0.3 is 0 Å². The lowest BCUT2D eigenvalue weighted by molar-refractivity contribution is 0.306. The second-order valence-corrected chi connectivity index (χ2v) is 2.66. The minimum Gasteiger partial charge on any atom is -0.484 e. The predicted octanol–water partition coefficient (Wildman–Crippen LogP) is 0.860. The first-order valence-electron chi connectivity index (χ1n) is 3.42. The largest absolute Gasteiger partial charge is 0.484 e. The maximum absolute atomic E-state index is 8.21. The Hall–Kier alpha value is -1.49. The van der Waals surface area contributed by atoms with Gasteiger partial charge in [-0.3, -0.25) is 4.98 Å². The van der Waals surface area contributed by atoms with E-state index in [4.69, 9.17) is 27.3 Å². The zero-order valence-corrected chi connectivity index (χ0v) is 7.40. The van der Waals surface area contributed by atoms with Crippen molar-refractivity contribution < 1.29 is 9.94 Å². The van der Waals surface area contributed by atoms with Crippen LogP contribution in [0.5, 0.6) is 5.75 Å². The van der Waals surface area contributed by atoms with Crippen molar-refractivity contribution in [3.05, 3.63) is 23.5 Å². The van der Waals surface area contributed by atoms with Crippen molar-refractivity contribution in [2.45, 2.75) is 0 Å². The summed E-state index contributed by atoms with van der Waals surface area (Å²) in [6.07, 6.45) is 2.97. The van der Waals surface area contributed by atoms with Crippen molar-refractivity contribution in [3.8, 4) is 5.75 Å². The maximum Gasteiger partial charge on any atom is 0.177 e. The molecule has 0 fully saturated rings. The van der Waals surface area contributed by atoms with Crippen LogP contribution in [0, 0.1) is 0 Å². The van der Waals surface area contributed by atoms with Crippen LogP contribution in [0.3, 0.4) is 0 Å². The molecule has 0 aliphatic carbocycles. The summed E-state index contributed by atoms with van der Waals surface area (Å²) in [4.78, 5) is 3.79. The van der Waals surface area contributed by atoms with E-state index in [-0.39, 0.29) is 12.4 Å². The number of amidine groups is 1. The molecule has 0 aliphatic rings. The Kier molecular flexibility index (Phi) is 3.33. The van der Waals surface area contributed by atoms with Crippen LogP contribution in [-0.2, 0) is 0 Å². The predicted molar refractivity (Wildman–Crippen MR) is 48.2 cm³/mol. The molecule has 0 saturated heterocycles. The topological polar surface area (TPSA) is 80.7 Å². The van der Waals surface area contributed by atoms with Gasteiger partial charge < -0.3 is 15.7 Å². The van der Waals surface area contributed by atoms with Crippen molar-refractivity contribution in [1.82, 2.24) is 4.98 Å². The first-order valence-corrected chi connectivity index (χ1v) is 3.80. The Labute approximate surface area is 79.8 Å². The van der Waals surface area contributed by atoms with Gasteiger partial charge in [-0.15, -0.1) is 0 Å². The second-order valence-electron chi connectivity index (χ2n) is 2.22. The lowest BCUT2D eigenvalue weighted by atomic mass is 10.4. The molecule has 6 heteroatoms. The Morgan fingerprint density at radius 2 is 2.46 bits per heavy atom. The first-order chi connectivity index (χ1) is 6.22. The maximum atomic E-state index is 8.21. The molecule has 0 aliphatic heterocycles. The quantitative estimate of drug-likeness (QED) is 0.329. The summed E-state index contributed by atoms with van der Waals surface area (Å²) >= 11 is 5.64. The minimum absolute atomic E-state index is 0.00147. The van der Waals surface area contributed by atoms with E-state index in [2.05, 4.69) is 10.1 Å². The Morgan fingerprint density at radius 1 is 1.69 bits per heavy atom. The van der Waals surface area contributed by atoms with Gasteiger partial charge in [0.2, 0.25) is 0 Å². The number of hydrogen-bond acceptors (Lipinski definition) is 4. The number of oxime groups is 1. The van der Waals surface area contributed by atoms with Gasteiger partial charge in [-0.25, -0.2) is 0 Å². The molecule has 0 radical (unpaired) electrons. The minimum atomic E-state index is -0.0139. The lowest BCUT2D eigenvalue weighted by Gasteiger charge is -2.03. The highest BCUT2D eigenvalue weighted by molar-refractivity contribution is 6.30. The van der Waals surface area contributed by atoms with Crippen LogP contribution >= 0.6 is 11.6 Å². The van der Waals surface area contributed by atoms with Crippen molar-refractivity contribution in [3.63, 3.8) is 0 Å². The summed E-state index contributed by atoms with van der Waals surface area (Å²) in [5.41, 5.74) is 5.18. The fourth-order valence-corrected chi connectivity index (χ4v) is 0.821. The molecule has 1 aromatic rings. The van der Waals surface area contributed by atoms with Gasteiger partial charge in [0.15, 0.2) is 5.84 Å². The fraction of sp³-hybridized carbons (Fsp3) is 0.143. The second kappa shape index (κ2) is 4.51. The molecule has 0 spiro atoms. The standard InChI is InChI=1S/C7H8ClN3O2/c8-5-1-6(3-10-2-5)13-4-7(9)11-12/h1-3,12H,4H2,(H2,9,11). The summed E-state index contributed by atoms with van der Waals surface area (Å²) < 4.78 is 5.08. The van der Waals surface area contributed by atoms with Crippen LogP contribution in [0.15, 0.2) is 23.6 Å². The summed E-state index contributed by atoms with van der Waals surface area (Å²) in [5, 5.41) is 11.4. The average Bonchev–Trinajstić information content (AvgIpc) is 2.14. The Bertz CT molecular complexity index is 316. The number of nitrogens with two attached hydrogens (primary N) is 1. The van der Waals surface area contributed by atoms with Crippen LogP contribution in [0.2, 0.25) is 5.02 Å². The molecule has 3 N–H and O–H groups in total. The SMILES string of the molecule is NC(COc1cncc(Cl)c1)=NO. The van der Waals surface area contributed by atoms with Crippen LogP contribution in [0.1, 0.15) is 0 Å². The van der Waals surface area contributed by atoms with E-state index < -0.39 is 0 Å². The van der Waals surface area contributed by atoms with Crippen molar-refractivity contribution in [2.75, 3.05) is 6.61 Å². The third kappa shape index (κ3) is 3.16. The Balaban J connectivity index is 2.55. The van der Waals surface area contributed by atoms with Gasteiger partial charge in [-0.1, -0.05) is 16.8 Å². The molecule has 1 rings (SSSR count). The van der Waals surface area contributed by atoms with E-state index in [1.54, 1.807) is 6.07 Å². The molecular weight excluding hydrogens is 194 g/mol. The zero-order chi connectivity index (χ0) is 9.68. The summed E-state index contributed by atoms with van der Waals surface area (Å²) in [7, 11) is 0. The van der Waals surface area contributed by atoms with E-state index in [9.17, 15) is 0 Å². The van der Waals surface area contributed by atoms with Crippen LogP contribution in [0.4, 0.5) is 0 Å². The lowest BCUT2D eigenvalue weighted by Crippen LogP contribution is -2.20. The molecular formula is C7H8ClN3O2. The third-order valence-corrected chi connectivity index (χ3v) is 1.40. The average molecular weight is 202 g/mol. The van der Waals surface area contributed by atoms with Gasteiger partial charge in [0.05, 0.1) is 11.2 Å². The van der Waals surface area contributed by atoms with Crippen LogP contribution < -0.4 is 10.5 Å². The molecule has 0 atom stereocenters. The van der Waals surface area contributed by atoms with E-state index in [1.165, 1.54) is 12.4 Å². The van der Waals surface area contributed by atoms with Crippen molar-refractivity contribution >= 4 is 17.4 Å². The number of nitrogens with zero attached hydrogens (tertiary/aromatic N) is 2. The highest BCUT2D eigenvalue weighted by atomic mass is 35.5. The number of aromatic nitrogens is 1. The monoisotopic (exact) mass is 201 g/mol. The molecule has 0 unspecified atom stereocenters. The highest BCUT2D eigenvalue weighted by Gasteiger charge is 1.97. The van der Waals surface area contributed by atoms with E-state index in [0.717, 1.165) is 0 Å². The molecule has 0 bridgehead atoms. The number of rotatable bonds is 3. The summed E-state index contributed by atoms with van der Waals surface area (Å²) in [6, 6.07) is 1.58. The third-order valence-electron chi connectivity index (χ3n) is 1.19. The fourth-order valence-electron chi connectivity index (χ4n) is 0.657. The van der Waals surface area contributed by atoms with Gasteiger partial charge in [0.25, 0.3) is 0 Å². The van der Waals surface area contributed by atoms with E-state index >= 15 is 0 Å². The smallest absolute Gasteiger partial charge is 0.177 e. The first kappa shape index (κ1) is 9.60. The molecule has 0 saturated carbocycles. The molecule has 70 valence electrons. The van der Waals surface area contributed by atoms with Gasteiger partial charge in [0.1, 0.15) is 12.4 Å². The van der Waals surface area contributed by atoms with Gasteiger partial charge in [0, 0.05) is 12.3 Å². The van der Waals surface area contributed by atoms with Crippen molar-refractivity contribution in [2.24, 2.45) is 10.9 Å². The number of ether oxygens (including phenoxy) is 1. The normalized spacial score (nSPS) is 11.3. The zero-order valence-electron chi connectivity index (χ0n) is 6.64. The number of hydrogen-bond donors (Lipinski definition) is 2. The van der Waals surface area contributed by atoms with Crippen LogP contribution in [-0.4, -0.2) is 22.6 Å². The van der Waals surface area contributed by atoms with E-state index in [0.29, 0.717) is 10.8 Å². The van der Waals surface area contributed by atoms with Crippen LogP contribution in [0.25, 0.3) is 0 Å². The number of halogens is 1. The van der Waals surface area contributed by atoms with Crippen molar-refractivity contribution in [1.29, 1.82) is 0 Å². The molecule has 1 aromatic heterocycles. The number of pyridine rings is 1.